The van der Waals surface area contributed by atoms with Crippen molar-refractivity contribution in [2.45, 2.75) is 11.4 Å². The van der Waals surface area contributed by atoms with E-state index in [4.69, 9.17) is 0 Å². The van der Waals surface area contributed by atoms with Crippen molar-refractivity contribution in [1.29, 1.82) is 0 Å². The first-order chi connectivity index (χ1) is 6.46. The van der Waals surface area contributed by atoms with E-state index in [0.717, 1.165) is 0 Å². The Morgan fingerprint density at radius 2 is 1.25 bits per heavy atom. The van der Waals surface area contributed by atoms with Gasteiger partial charge in [0.15, 0.2) is 0 Å². The van der Waals surface area contributed by atoms with E-state index in [1.807, 2.05) is 0 Å². The summed E-state index contributed by atoms with van der Waals surface area (Å²) < 4.78 is 86.4. The Morgan fingerprint density at radius 1 is 0.938 bits per heavy atom. The van der Waals surface area contributed by atoms with Gasteiger partial charge in [0.2, 0.25) is 0 Å². The second-order valence-electron chi connectivity index (χ2n) is 4.96. The normalized spacial score (nSPS) is 17.9. The topological polar surface area (TPSA) is 43.4 Å². The molecule has 0 rings (SSSR count). The van der Waals surface area contributed by atoms with E-state index >= 15 is 0 Å². The van der Waals surface area contributed by atoms with Crippen molar-refractivity contribution < 1.29 is 34.3 Å². The van der Waals surface area contributed by atoms with Crippen molar-refractivity contribution in [3.8, 4) is 0 Å². The fourth-order valence-electron chi connectivity index (χ4n) is 0.581. The van der Waals surface area contributed by atoms with Gasteiger partial charge in [-0.25, -0.2) is 0 Å². The minimum absolute atomic E-state index is 1.19. The van der Waals surface area contributed by atoms with Crippen LogP contribution < -0.4 is 0 Å². The van der Waals surface area contributed by atoms with Crippen LogP contribution in [0, 0.1) is 0 Å². The van der Waals surface area contributed by atoms with Crippen LogP contribution in [0.4, 0.5) is 22.0 Å². The van der Waals surface area contributed by atoms with Crippen LogP contribution in [-0.4, -0.2) is 46.5 Å². The monoisotopic (exact) mass is 290 g/mol. The van der Waals surface area contributed by atoms with Crippen molar-refractivity contribution in [3.63, 3.8) is 0 Å². The molecule has 16 heavy (non-hydrogen) atoms. The summed E-state index contributed by atoms with van der Waals surface area (Å²) in [6.45, 7) is 1.25. The Bertz CT molecular complexity index is 368. The summed E-state index contributed by atoms with van der Waals surface area (Å²) in [7, 11) is -6.03. The average molecular weight is 290 g/mol. The SMILES string of the molecule is CP(C)(C)(C)OS(=O)(=O)C(F)(F)C(F)(F)F. The molecule has 0 amide bonds. The quantitative estimate of drug-likeness (QED) is 0.592. The molecule has 0 radical (unpaired) electrons. The van der Waals surface area contributed by atoms with Crippen LogP contribution in [0.5, 0.6) is 0 Å². The molecule has 0 bridgehead atoms. The molecule has 0 saturated carbocycles. The van der Waals surface area contributed by atoms with Crippen molar-refractivity contribution in [1.82, 2.24) is 0 Å². The zero-order valence-electron chi connectivity index (χ0n) is 8.97. The third-order valence-corrected chi connectivity index (χ3v) is 5.07. The summed E-state index contributed by atoms with van der Waals surface area (Å²) in [6, 6.07) is 0. The van der Waals surface area contributed by atoms with Crippen LogP contribution in [0.15, 0.2) is 0 Å². The van der Waals surface area contributed by atoms with Crippen molar-refractivity contribution in [3.05, 3.63) is 0 Å². The van der Waals surface area contributed by atoms with Crippen LogP contribution in [0.2, 0.25) is 0 Å². The minimum atomic E-state index is -6.19. The van der Waals surface area contributed by atoms with E-state index in [2.05, 4.69) is 3.97 Å². The Hall–Kier alpha value is -0.0100. The summed E-state index contributed by atoms with van der Waals surface area (Å²) >= 11 is 0. The molecule has 0 aromatic heterocycles. The number of alkyl halides is 5. The fourth-order valence-corrected chi connectivity index (χ4v) is 4.38. The van der Waals surface area contributed by atoms with Gasteiger partial charge in [-0.05, 0) is 0 Å². The van der Waals surface area contributed by atoms with Gasteiger partial charge in [0, 0.05) is 0 Å². The zero-order chi connectivity index (χ0) is 13.7. The molecule has 0 heterocycles. The Kier molecular flexibility index (Phi) is 3.49. The Balaban J connectivity index is 5.44. The first-order valence-electron chi connectivity index (χ1n) is 3.87. The third-order valence-electron chi connectivity index (χ3n) is 1.04. The molecule has 3 nitrogen and oxygen atoms in total. The molecular weight excluding hydrogens is 278 g/mol. The third kappa shape index (κ3) is 3.78. The fraction of sp³-hybridized carbons (Fsp3) is 1.00. The van der Waals surface area contributed by atoms with Crippen LogP contribution in [0.1, 0.15) is 0 Å². The first kappa shape index (κ1) is 16.0. The molecule has 0 spiro atoms. The Morgan fingerprint density at radius 3 is 1.44 bits per heavy atom. The van der Waals surface area contributed by atoms with Gasteiger partial charge >= 0.3 is 89.4 Å². The molecule has 0 aliphatic rings. The summed E-state index contributed by atoms with van der Waals surface area (Å²) in [6.07, 6.45) is -6.19. The zero-order valence-corrected chi connectivity index (χ0v) is 10.7. The molecule has 0 atom stereocenters. The molecule has 0 aromatic carbocycles. The van der Waals surface area contributed by atoms with Gasteiger partial charge in [-0.15, -0.1) is 0 Å². The van der Waals surface area contributed by atoms with Crippen LogP contribution in [0.3, 0.4) is 0 Å². The van der Waals surface area contributed by atoms with Crippen LogP contribution >= 0.6 is 6.83 Å². The van der Waals surface area contributed by atoms with Gasteiger partial charge in [-0.2, -0.15) is 0 Å². The summed E-state index contributed by atoms with van der Waals surface area (Å²) in [4.78, 5) is 0. The molecule has 0 fully saturated rings. The van der Waals surface area contributed by atoms with Gasteiger partial charge in [-0.3, -0.25) is 0 Å². The number of halogens is 5. The van der Waals surface area contributed by atoms with E-state index in [1.165, 1.54) is 26.7 Å². The molecular formula is C6H12F5O3PS. The molecule has 0 unspecified atom stereocenters. The second-order valence-corrected chi connectivity index (χ2v) is 13.8. The van der Waals surface area contributed by atoms with E-state index in [9.17, 15) is 30.4 Å². The molecule has 100 valence electrons. The van der Waals surface area contributed by atoms with Crippen LogP contribution in [0.25, 0.3) is 0 Å². The summed E-state index contributed by atoms with van der Waals surface area (Å²) in [5, 5.41) is -5.90. The van der Waals surface area contributed by atoms with E-state index < -0.39 is 28.4 Å². The van der Waals surface area contributed by atoms with Gasteiger partial charge in [0.1, 0.15) is 0 Å². The van der Waals surface area contributed by atoms with Gasteiger partial charge in [-0.1, -0.05) is 0 Å². The van der Waals surface area contributed by atoms with Crippen molar-refractivity contribution in [2.75, 3.05) is 26.7 Å². The van der Waals surface area contributed by atoms with Gasteiger partial charge in [0.05, 0.1) is 0 Å². The Labute approximate surface area is 90.1 Å². The predicted molar refractivity (Wildman–Crippen MR) is 51.6 cm³/mol. The molecule has 0 saturated heterocycles. The second kappa shape index (κ2) is 3.49. The number of rotatable bonds is 3. The van der Waals surface area contributed by atoms with Crippen LogP contribution in [-0.2, 0) is 14.1 Å². The average Bonchev–Trinajstić information content (AvgIpc) is 1.74. The maximum atomic E-state index is 12.6. The standard InChI is InChI=1S/C6H12F5O3PS/c1-15(2,3,4)14-16(12,13)6(10,11)5(7,8)9/h1-4H3. The molecule has 10 heteroatoms. The van der Waals surface area contributed by atoms with E-state index in [-0.39, 0.29) is 0 Å². The molecule has 0 aliphatic carbocycles. The van der Waals surface area contributed by atoms with E-state index in [1.54, 1.807) is 0 Å². The molecule has 0 aromatic rings. The number of hydrogen-bond acceptors (Lipinski definition) is 3. The molecule has 0 aliphatic heterocycles. The first-order valence-corrected chi connectivity index (χ1v) is 9.22. The van der Waals surface area contributed by atoms with Crippen molar-refractivity contribution >= 4 is 16.9 Å². The van der Waals surface area contributed by atoms with E-state index in [0.29, 0.717) is 0 Å². The van der Waals surface area contributed by atoms with Gasteiger partial charge < -0.3 is 0 Å². The predicted octanol–water partition coefficient (Wildman–Crippen LogP) is 2.48. The number of hydrogen-bond donors (Lipinski definition) is 0. The van der Waals surface area contributed by atoms with Gasteiger partial charge in [0.25, 0.3) is 0 Å². The summed E-state index contributed by atoms with van der Waals surface area (Å²) in [5.41, 5.74) is 0. The van der Waals surface area contributed by atoms with Crippen molar-refractivity contribution in [2.24, 2.45) is 0 Å². The molecule has 0 N–H and O–H groups in total. The summed E-state index contributed by atoms with van der Waals surface area (Å²) in [5.74, 6) is 0. The maximum absolute atomic E-state index is 12.6.